The second kappa shape index (κ2) is 21.4. The second-order valence-electron chi connectivity index (χ2n) is 4.46. The van der Waals surface area contributed by atoms with Crippen molar-refractivity contribution in [1.29, 1.82) is 0 Å². The van der Waals surface area contributed by atoms with Crippen LogP contribution in [-0.2, 0) is 26.2 Å². The summed E-state index contributed by atoms with van der Waals surface area (Å²) >= 11 is 5.51. The fraction of sp³-hybridized carbons (Fsp3) is 0.556. The zero-order valence-corrected chi connectivity index (χ0v) is 15.9. The topological polar surface area (TPSA) is 0 Å². The fourth-order valence-corrected chi connectivity index (χ4v) is 1.74. The second-order valence-corrected chi connectivity index (χ2v) is 4.84. The fourth-order valence-electron chi connectivity index (χ4n) is 1.56. The first-order chi connectivity index (χ1) is 9.41. The predicted octanol–water partition coefficient (Wildman–Crippen LogP) is 6.19. The van der Waals surface area contributed by atoms with E-state index in [2.05, 4.69) is 31.2 Å². The van der Waals surface area contributed by atoms with Crippen LogP contribution in [0.2, 0.25) is 0 Å². The van der Waals surface area contributed by atoms with Gasteiger partial charge in [-0.25, -0.2) is 24.3 Å². The molecule has 0 unspecified atom stereocenters. The van der Waals surface area contributed by atoms with Gasteiger partial charge in [0.05, 0.1) is 0 Å². The first kappa shape index (κ1) is 22.4. The molecule has 2 rings (SSSR count). The number of allylic oxidation sites excluding steroid dienone is 8. The van der Waals surface area contributed by atoms with E-state index in [0.717, 1.165) is 18.7 Å². The van der Waals surface area contributed by atoms with E-state index in [1.54, 1.807) is 0 Å². The van der Waals surface area contributed by atoms with Crippen molar-refractivity contribution in [3.8, 4) is 0 Å². The molecule has 0 spiro atoms. The molecule has 0 aromatic rings. The van der Waals surface area contributed by atoms with Gasteiger partial charge in [0, 0.05) is 5.88 Å². The Morgan fingerprint density at radius 2 is 1.35 bits per heavy atom. The summed E-state index contributed by atoms with van der Waals surface area (Å²) in [5.41, 5.74) is 0. The van der Waals surface area contributed by atoms with Gasteiger partial charge in [0.2, 0.25) is 0 Å². The van der Waals surface area contributed by atoms with E-state index in [9.17, 15) is 0 Å². The maximum Gasteiger partial charge on any atom is 2.00 e. The van der Waals surface area contributed by atoms with Crippen LogP contribution < -0.4 is 0 Å². The molecule has 0 saturated heterocycles. The van der Waals surface area contributed by atoms with Gasteiger partial charge in [0.15, 0.2) is 0 Å². The van der Waals surface area contributed by atoms with Crippen molar-refractivity contribution < 1.29 is 26.2 Å². The average molecular weight is 370 g/mol. The predicted molar refractivity (Wildman–Crippen MR) is 87.2 cm³/mol. The van der Waals surface area contributed by atoms with Gasteiger partial charge < -0.3 is 0 Å². The van der Waals surface area contributed by atoms with Crippen molar-refractivity contribution in [2.75, 3.05) is 5.88 Å². The number of hydrogen-bond donors (Lipinski definition) is 0. The average Bonchev–Trinajstić information content (AvgIpc) is 3.16. The van der Waals surface area contributed by atoms with Crippen LogP contribution >= 0.6 is 11.6 Å². The summed E-state index contributed by atoms with van der Waals surface area (Å²) in [6.45, 7) is 2.24. The van der Waals surface area contributed by atoms with Crippen molar-refractivity contribution in [2.45, 2.75) is 58.3 Å². The van der Waals surface area contributed by atoms with Gasteiger partial charge in [-0.2, -0.15) is 12.2 Å². The first-order valence-electron chi connectivity index (χ1n) is 7.41. The van der Waals surface area contributed by atoms with Gasteiger partial charge in [0.1, 0.15) is 0 Å². The molecule has 0 bridgehead atoms. The first-order valence-corrected chi connectivity index (χ1v) is 7.94. The molecule has 0 heterocycles. The maximum atomic E-state index is 5.51. The molecule has 0 fully saturated rings. The Bertz CT molecular complexity index is 229. The molecule has 2 heteroatoms. The van der Waals surface area contributed by atoms with Crippen LogP contribution in [0.5, 0.6) is 0 Å². The van der Waals surface area contributed by atoms with Crippen LogP contribution in [-0.4, -0.2) is 5.88 Å². The summed E-state index contributed by atoms with van der Waals surface area (Å²) in [4.78, 5) is 0. The molecule has 0 N–H and O–H groups in total. The minimum Gasteiger partial charge on any atom is -0.273 e. The molecule has 2 aliphatic rings. The van der Waals surface area contributed by atoms with Crippen molar-refractivity contribution in [2.24, 2.45) is 0 Å². The van der Waals surface area contributed by atoms with Gasteiger partial charge in [-0.1, -0.05) is 39.0 Å². The summed E-state index contributed by atoms with van der Waals surface area (Å²) in [7, 11) is 0. The van der Waals surface area contributed by atoms with Crippen molar-refractivity contribution >= 4 is 11.6 Å². The number of rotatable bonds is 6. The minimum atomic E-state index is 0. The van der Waals surface area contributed by atoms with Crippen molar-refractivity contribution in [3.05, 3.63) is 48.6 Å². The molecule has 2 aliphatic carbocycles. The molecule has 20 heavy (non-hydrogen) atoms. The zero-order valence-electron chi connectivity index (χ0n) is 12.7. The van der Waals surface area contributed by atoms with Crippen molar-refractivity contribution in [1.82, 2.24) is 0 Å². The molecule has 0 atom stereocenters. The van der Waals surface area contributed by atoms with Gasteiger partial charge in [0.25, 0.3) is 0 Å². The van der Waals surface area contributed by atoms with E-state index in [-0.39, 0.29) is 26.2 Å². The zero-order chi connectivity index (χ0) is 14.0. The SMILES string of the molecule is CCCCCCCCCl.[C-]1=CC=CC1.[C-]1=CC=CC1.[Zr+2]. The van der Waals surface area contributed by atoms with Crippen LogP contribution in [0.1, 0.15) is 58.3 Å². The molecule has 0 aliphatic heterocycles. The van der Waals surface area contributed by atoms with E-state index in [1.165, 1.54) is 38.5 Å². The molecule has 0 amide bonds. The molecule has 0 aromatic heterocycles. The third-order valence-electron chi connectivity index (χ3n) is 2.66. The molecule has 0 saturated carbocycles. The molecule has 0 aromatic carbocycles. The van der Waals surface area contributed by atoms with Crippen molar-refractivity contribution in [3.63, 3.8) is 0 Å². The smallest absolute Gasteiger partial charge is 0.273 e. The monoisotopic (exact) mass is 368 g/mol. The summed E-state index contributed by atoms with van der Waals surface area (Å²) in [6, 6.07) is 0. The van der Waals surface area contributed by atoms with E-state index in [1.807, 2.05) is 24.3 Å². The third kappa shape index (κ3) is 20.5. The molecule has 0 nitrogen and oxygen atoms in total. The summed E-state index contributed by atoms with van der Waals surface area (Å²) in [6.07, 6.45) is 28.0. The summed E-state index contributed by atoms with van der Waals surface area (Å²) in [5, 5.41) is 0. The van der Waals surface area contributed by atoms with E-state index < -0.39 is 0 Å². The normalized spacial score (nSPS) is 13.3. The summed E-state index contributed by atoms with van der Waals surface area (Å²) in [5.74, 6) is 0.839. The quantitative estimate of drug-likeness (QED) is 0.297. The van der Waals surface area contributed by atoms with Gasteiger partial charge in [-0.05, 0) is 6.42 Å². The van der Waals surface area contributed by atoms with Crippen LogP contribution in [0.3, 0.4) is 0 Å². The van der Waals surface area contributed by atoms with Crippen LogP contribution in [0.25, 0.3) is 0 Å². The summed E-state index contributed by atoms with van der Waals surface area (Å²) < 4.78 is 0. The van der Waals surface area contributed by atoms with E-state index in [0.29, 0.717) is 0 Å². The number of unbranched alkanes of at least 4 members (excludes halogenated alkanes) is 5. The molecule has 0 radical (unpaired) electrons. The Morgan fingerprint density at radius 3 is 1.65 bits per heavy atom. The third-order valence-corrected chi connectivity index (χ3v) is 2.93. The Hall–Kier alpha value is 0.133. The number of hydrogen-bond acceptors (Lipinski definition) is 0. The minimum absolute atomic E-state index is 0. The number of halogens is 1. The standard InChI is InChI=1S/C8H17Cl.2C5H5.Zr/c1-2-3-4-5-6-7-8-9;2*1-2-4-5-3-1;/h2-8H2,1H3;2*1-3H,4H2;/q;2*-1;+2. The van der Waals surface area contributed by atoms with Gasteiger partial charge in [-0.3, -0.25) is 12.2 Å². The Labute approximate surface area is 150 Å². The van der Waals surface area contributed by atoms with E-state index in [4.69, 9.17) is 11.6 Å². The van der Waals surface area contributed by atoms with Crippen LogP contribution in [0, 0.1) is 12.2 Å². The van der Waals surface area contributed by atoms with Crippen LogP contribution in [0.15, 0.2) is 36.5 Å². The van der Waals surface area contributed by atoms with E-state index >= 15 is 0 Å². The Morgan fingerprint density at radius 1 is 0.850 bits per heavy atom. The molecular formula is C18H27ClZr. The van der Waals surface area contributed by atoms with Gasteiger partial charge >= 0.3 is 26.2 Å². The van der Waals surface area contributed by atoms with Gasteiger partial charge in [-0.15, -0.1) is 24.4 Å². The Balaban J connectivity index is 0. The maximum absolute atomic E-state index is 5.51. The number of alkyl halides is 1. The Kier molecular flexibility index (Phi) is 24.0. The molecule has 110 valence electrons. The van der Waals surface area contributed by atoms with Crippen LogP contribution in [0.4, 0.5) is 0 Å². The molecular weight excluding hydrogens is 343 g/mol. The largest absolute Gasteiger partial charge is 2.00 e.